The Bertz CT molecular complexity index is 656. The summed E-state index contributed by atoms with van der Waals surface area (Å²) in [6.07, 6.45) is 9.84. The Balaban J connectivity index is 1.66. The van der Waals surface area contributed by atoms with Gasteiger partial charge in [0.2, 0.25) is 5.13 Å². The molecule has 108 valence electrons. The molecule has 0 saturated heterocycles. The summed E-state index contributed by atoms with van der Waals surface area (Å²) in [5, 5.41) is 0.898. The molecule has 0 bridgehead atoms. The van der Waals surface area contributed by atoms with Crippen LogP contribution in [0.4, 0.5) is 5.13 Å². The number of nitrogens with one attached hydrogen (secondary N) is 2. The molecule has 1 heterocycles. The lowest BCUT2D eigenvalue weighted by Crippen LogP contribution is -2.15. The van der Waals surface area contributed by atoms with E-state index in [1.165, 1.54) is 10.5 Å². The van der Waals surface area contributed by atoms with E-state index < -0.39 is 0 Å². The van der Waals surface area contributed by atoms with Gasteiger partial charge in [0, 0.05) is 16.6 Å². The lowest BCUT2D eigenvalue weighted by atomic mass is 10.0. The van der Waals surface area contributed by atoms with Gasteiger partial charge in [-0.3, -0.25) is 5.43 Å². The average Bonchev–Trinajstić information content (AvgIpc) is 2.90. The van der Waals surface area contributed by atoms with Gasteiger partial charge in [0.15, 0.2) is 0 Å². The molecule has 0 fully saturated rings. The van der Waals surface area contributed by atoms with Crippen molar-refractivity contribution in [2.75, 3.05) is 5.43 Å². The fourth-order valence-corrected chi connectivity index (χ4v) is 3.17. The molecule has 1 aliphatic carbocycles. The summed E-state index contributed by atoms with van der Waals surface area (Å²) in [5.74, 6) is 0. The molecule has 3 nitrogen and oxygen atoms in total. The molecule has 3 rings (SSSR count). The normalized spacial score (nSPS) is 16.1. The summed E-state index contributed by atoms with van der Waals surface area (Å²) in [7, 11) is 0. The van der Waals surface area contributed by atoms with Crippen LogP contribution in [0.5, 0.6) is 0 Å². The van der Waals surface area contributed by atoms with E-state index >= 15 is 0 Å². The van der Waals surface area contributed by atoms with Crippen LogP contribution < -0.4 is 10.9 Å². The largest absolute Gasteiger partial charge is 0.306 e. The van der Waals surface area contributed by atoms with E-state index in [2.05, 4.69) is 53.2 Å². The quantitative estimate of drug-likeness (QED) is 0.636. The van der Waals surface area contributed by atoms with Crippen LogP contribution in [0.2, 0.25) is 0 Å². The number of aryl methyl sites for hydroxylation is 1. The highest BCUT2D eigenvalue weighted by Crippen LogP contribution is 2.29. The van der Waals surface area contributed by atoms with E-state index in [0.717, 1.165) is 35.7 Å². The van der Waals surface area contributed by atoms with Crippen LogP contribution in [0.3, 0.4) is 0 Å². The van der Waals surface area contributed by atoms with Gasteiger partial charge in [-0.05, 0) is 31.8 Å². The molecule has 21 heavy (non-hydrogen) atoms. The molecule has 4 heteroatoms. The number of hydrazine groups is 1. The maximum atomic E-state index is 4.66. The summed E-state index contributed by atoms with van der Waals surface area (Å²) >= 11 is 1.67. The highest BCUT2D eigenvalue weighted by atomic mass is 32.1. The van der Waals surface area contributed by atoms with Crippen molar-refractivity contribution in [2.24, 2.45) is 0 Å². The van der Waals surface area contributed by atoms with Crippen LogP contribution in [-0.2, 0) is 0 Å². The van der Waals surface area contributed by atoms with Gasteiger partial charge in [-0.2, -0.15) is 0 Å². The molecule has 0 unspecified atom stereocenters. The highest BCUT2D eigenvalue weighted by molar-refractivity contribution is 7.15. The fraction of sp³-hybridized carbons (Fsp3) is 0.235. The Labute approximate surface area is 129 Å². The molecule has 2 N–H and O–H groups in total. The van der Waals surface area contributed by atoms with Gasteiger partial charge in [0.25, 0.3) is 0 Å². The molecule has 0 atom stereocenters. The topological polar surface area (TPSA) is 37.0 Å². The Morgan fingerprint density at radius 3 is 2.81 bits per heavy atom. The van der Waals surface area contributed by atoms with Crippen molar-refractivity contribution in [3.8, 4) is 11.3 Å². The lowest BCUT2D eigenvalue weighted by molar-refractivity contribution is 0.871. The van der Waals surface area contributed by atoms with E-state index in [0.29, 0.717) is 0 Å². The van der Waals surface area contributed by atoms with Crippen molar-refractivity contribution in [3.05, 3.63) is 59.1 Å². The summed E-state index contributed by atoms with van der Waals surface area (Å²) in [5.41, 5.74) is 9.98. The van der Waals surface area contributed by atoms with Gasteiger partial charge in [0.1, 0.15) is 0 Å². The number of allylic oxidation sites excluding steroid dienone is 3. The minimum Gasteiger partial charge on any atom is -0.306 e. The molecule has 1 aromatic heterocycles. The summed E-state index contributed by atoms with van der Waals surface area (Å²) in [6, 6.07) is 10.3. The number of nitrogens with zero attached hydrogens (tertiary/aromatic N) is 1. The first kappa shape index (κ1) is 13.9. The number of hydrogen-bond acceptors (Lipinski definition) is 4. The van der Waals surface area contributed by atoms with Crippen molar-refractivity contribution in [2.45, 2.75) is 26.2 Å². The number of benzene rings is 1. The third kappa shape index (κ3) is 3.52. The minimum atomic E-state index is 0.898. The van der Waals surface area contributed by atoms with Crippen molar-refractivity contribution in [3.63, 3.8) is 0 Å². The number of hydrogen-bond donors (Lipinski definition) is 2. The maximum absolute atomic E-state index is 4.66. The number of thiazole rings is 1. The Kier molecular flexibility index (Phi) is 4.36. The molecule has 1 aliphatic rings. The van der Waals surface area contributed by atoms with Gasteiger partial charge < -0.3 is 5.43 Å². The summed E-state index contributed by atoms with van der Waals surface area (Å²) in [4.78, 5) is 5.89. The van der Waals surface area contributed by atoms with Crippen LogP contribution in [0.25, 0.3) is 11.3 Å². The Morgan fingerprint density at radius 1 is 1.19 bits per heavy atom. The second-order valence-electron chi connectivity index (χ2n) is 5.08. The first-order valence-electron chi connectivity index (χ1n) is 7.20. The van der Waals surface area contributed by atoms with Crippen molar-refractivity contribution in [1.29, 1.82) is 0 Å². The SMILES string of the molecule is Cc1sc(NN/C=C2\CC=CCC2)nc1-c1ccccc1. The summed E-state index contributed by atoms with van der Waals surface area (Å²) < 4.78 is 0. The Hall–Kier alpha value is -2.07. The van der Waals surface area contributed by atoms with Gasteiger partial charge in [0.05, 0.1) is 5.69 Å². The smallest absolute Gasteiger partial charge is 0.202 e. The van der Waals surface area contributed by atoms with Crippen LogP contribution >= 0.6 is 11.3 Å². The first-order valence-corrected chi connectivity index (χ1v) is 8.02. The second kappa shape index (κ2) is 6.59. The van der Waals surface area contributed by atoms with E-state index in [-0.39, 0.29) is 0 Å². The van der Waals surface area contributed by atoms with Gasteiger partial charge in [-0.1, -0.05) is 42.5 Å². The fourth-order valence-electron chi connectivity index (χ4n) is 2.37. The van der Waals surface area contributed by atoms with Crippen molar-refractivity contribution in [1.82, 2.24) is 10.4 Å². The molecule has 0 aliphatic heterocycles. The average molecular weight is 297 g/mol. The molecular weight excluding hydrogens is 278 g/mol. The van der Waals surface area contributed by atoms with Gasteiger partial charge >= 0.3 is 0 Å². The number of rotatable bonds is 4. The molecule has 0 amide bonds. The van der Waals surface area contributed by atoms with E-state index in [1.807, 2.05) is 18.2 Å². The predicted octanol–water partition coefficient (Wildman–Crippen LogP) is 4.66. The predicted molar refractivity (Wildman–Crippen MR) is 90.1 cm³/mol. The molecule has 0 spiro atoms. The molecule has 0 saturated carbocycles. The minimum absolute atomic E-state index is 0.898. The van der Waals surface area contributed by atoms with E-state index in [4.69, 9.17) is 0 Å². The maximum Gasteiger partial charge on any atom is 0.202 e. The third-order valence-electron chi connectivity index (χ3n) is 3.48. The van der Waals surface area contributed by atoms with Crippen molar-refractivity contribution < 1.29 is 0 Å². The molecule has 1 aromatic carbocycles. The van der Waals surface area contributed by atoms with Gasteiger partial charge in [-0.25, -0.2) is 4.98 Å². The van der Waals surface area contributed by atoms with Gasteiger partial charge in [-0.15, -0.1) is 11.3 Å². The highest BCUT2D eigenvalue weighted by Gasteiger charge is 2.08. The van der Waals surface area contributed by atoms with Crippen LogP contribution in [-0.4, -0.2) is 4.98 Å². The second-order valence-corrected chi connectivity index (χ2v) is 6.28. The Morgan fingerprint density at radius 2 is 2.05 bits per heavy atom. The van der Waals surface area contributed by atoms with Crippen LogP contribution in [0.15, 0.2) is 54.3 Å². The monoisotopic (exact) mass is 297 g/mol. The van der Waals surface area contributed by atoms with Crippen LogP contribution in [0.1, 0.15) is 24.1 Å². The molecular formula is C17H19N3S. The zero-order valence-electron chi connectivity index (χ0n) is 12.1. The molecule has 2 aromatic rings. The van der Waals surface area contributed by atoms with E-state index in [9.17, 15) is 0 Å². The van der Waals surface area contributed by atoms with Crippen LogP contribution in [0, 0.1) is 6.92 Å². The zero-order chi connectivity index (χ0) is 14.5. The number of aromatic nitrogens is 1. The standard InChI is InChI=1S/C17H19N3S/c1-13-16(15-10-6-3-7-11-15)19-17(21-13)20-18-12-14-8-4-2-5-9-14/h2-4,6-7,10-12,18H,5,8-9H2,1H3,(H,19,20)/b14-12+. The van der Waals surface area contributed by atoms with E-state index in [1.54, 1.807) is 11.3 Å². The van der Waals surface area contributed by atoms with Crippen molar-refractivity contribution >= 4 is 16.5 Å². The molecule has 0 radical (unpaired) electrons. The third-order valence-corrected chi connectivity index (χ3v) is 4.36. The lowest BCUT2D eigenvalue weighted by Gasteiger charge is -2.09. The number of anilines is 1. The summed E-state index contributed by atoms with van der Waals surface area (Å²) in [6.45, 7) is 2.11. The first-order chi connectivity index (χ1) is 10.3. The zero-order valence-corrected chi connectivity index (χ0v) is 12.9.